The summed E-state index contributed by atoms with van der Waals surface area (Å²) in [7, 11) is 0. The molecule has 8 heteroatoms. The second-order valence-corrected chi connectivity index (χ2v) is 7.86. The molecule has 6 rings (SSSR count). The summed E-state index contributed by atoms with van der Waals surface area (Å²) < 4.78 is 14.8. The molecule has 5 aromatic rings. The lowest BCUT2D eigenvalue weighted by Crippen LogP contribution is -2.30. The minimum atomic E-state index is -0.384. The lowest BCUT2D eigenvalue weighted by atomic mass is 10.0. The number of hydrogen-bond acceptors (Lipinski definition) is 5. The number of aromatic amines is 2. The molecule has 1 saturated heterocycles. The van der Waals surface area contributed by atoms with Crippen LogP contribution in [0.2, 0.25) is 0 Å². The Hall–Kier alpha value is -3.81. The van der Waals surface area contributed by atoms with Crippen LogP contribution in [0.25, 0.3) is 44.6 Å². The van der Waals surface area contributed by atoms with Gasteiger partial charge in [0.1, 0.15) is 16.7 Å². The number of nitrogens with zero attached hydrogens (tertiary/aromatic N) is 5. The molecular formula is C23H20FN7. The molecule has 2 N–H and O–H groups in total. The maximum atomic E-state index is 14.8. The van der Waals surface area contributed by atoms with Crippen LogP contribution in [-0.4, -0.2) is 43.2 Å². The first-order valence-corrected chi connectivity index (χ1v) is 10.5. The first kappa shape index (κ1) is 18.0. The van der Waals surface area contributed by atoms with Crippen molar-refractivity contribution in [1.82, 2.24) is 30.1 Å². The third kappa shape index (κ3) is 3.02. The van der Waals surface area contributed by atoms with Gasteiger partial charge in [-0.15, -0.1) is 0 Å². The Morgan fingerprint density at radius 1 is 0.968 bits per heavy atom. The van der Waals surface area contributed by atoms with Crippen LogP contribution in [0.4, 0.5) is 10.2 Å². The van der Waals surface area contributed by atoms with Crippen molar-refractivity contribution in [2.75, 3.05) is 18.0 Å². The fourth-order valence-corrected chi connectivity index (χ4v) is 4.33. The Morgan fingerprint density at radius 2 is 1.87 bits per heavy atom. The van der Waals surface area contributed by atoms with E-state index in [2.05, 4.69) is 30.0 Å². The molecule has 5 heterocycles. The van der Waals surface area contributed by atoms with Crippen molar-refractivity contribution in [3.63, 3.8) is 0 Å². The first-order chi connectivity index (χ1) is 15.3. The van der Waals surface area contributed by atoms with E-state index in [9.17, 15) is 4.39 Å². The predicted molar refractivity (Wildman–Crippen MR) is 118 cm³/mol. The van der Waals surface area contributed by atoms with E-state index in [-0.39, 0.29) is 11.3 Å². The van der Waals surface area contributed by atoms with E-state index in [0.29, 0.717) is 16.9 Å². The van der Waals surface area contributed by atoms with Gasteiger partial charge in [0.25, 0.3) is 0 Å². The molecule has 154 valence electrons. The highest BCUT2D eigenvalue weighted by molar-refractivity contribution is 5.97. The molecule has 1 aliphatic heterocycles. The number of halogens is 1. The largest absolute Gasteiger partial charge is 0.355 e. The van der Waals surface area contributed by atoms with Crippen molar-refractivity contribution in [3.05, 3.63) is 54.7 Å². The summed E-state index contributed by atoms with van der Waals surface area (Å²) in [5.74, 6) is 1.13. The molecule has 0 radical (unpaired) electrons. The monoisotopic (exact) mass is 413 g/mol. The van der Waals surface area contributed by atoms with Crippen LogP contribution < -0.4 is 4.90 Å². The van der Waals surface area contributed by atoms with Crippen molar-refractivity contribution >= 4 is 27.8 Å². The van der Waals surface area contributed by atoms with E-state index in [0.717, 1.165) is 53.9 Å². The van der Waals surface area contributed by atoms with Gasteiger partial charge in [0.2, 0.25) is 0 Å². The number of pyridine rings is 2. The molecule has 4 aromatic heterocycles. The van der Waals surface area contributed by atoms with Crippen LogP contribution in [0.15, 0.2) is 48.9 Å². The summed E-state index contributed by atoms with van der Waals surface area (Å²) >= 11 is 0. The van der Waals surface area contributed by atoms with Gasteiger partial charge in [0, 0.05) is 42.6 Å². The van der Waals surface area contributed by atoms with Crippen LogP contribution in [0.3, 0.4) is 0 Å². The van der Waals surface area contributed by atoms with Gasteiger partial charge in [-0.05, 0) is 49.1 Å². The predicted octanol–water partition coefficient (Wildman–Crippen LogP) is 4.69. The first-order valence-electron chi connectivity index (χ1n) is 10.5. The zero-order chi connectivity index (χ0) is 20.8. The van der Waals surface area contributed by atoms with E-state index in [4.69, 9.17) is 4.98 Å². The Morgan fingerprint density at radius 3 is 2.71 bits per heavy atom. The highest BCUT2D eigenvalue weighted by Gasteiger charge is 2.20. The molecule has 1 aromatic carbocycles. The number of rotatable bonds is 3. The van der Waals surface area contributed by atoms with Gasteiger partial charge in [0.15, 0.2) is 17.5 Å². The third-order valence-electron chi connectivity index (χ3n) is 5.88. The van der Waals surface area contributed by atoms with E-state index >= 15 is 0 Å². The van der Waals surface area contributed by atoms with Crippen LogP contribution in [0, 0.1) is 5.82 Å². The van der Waals surface area contributed by atoms with Gasteiger partial charge in [0.05, 0.1) is 5.52 Å². The van der Waals surface area contributed by atoms with Gasteiger partial charge in [-0.25, -0.2) is 14.4 Å². The molecular weight excluding hydrogens is 393 g/mol. The number of aromatic nitrogens is 6. The van der Waals surface area contributed by atoms with E-state index in [1.54, 1.807) is 18.6 Å². The molecule has 1 fully saturated rings. The number of nitrogens with one attached hydrogen (secondary N) is 2. The van der Waals surface area contributed by atoms with Crippen LogP contribution in [0.1, 0.15) is 19.3 Å². The molecule has 7 nitrogen and oxygen atoms in total. The molecule has 0 unspecified atom stereocenters. The standard InChI is InChI=1S/C23H20FN7/c24-17-12-15(14-5-4-7-25-13-14)11-16-19(17)29-30-20(16)22-27-18-6-8-26-23(21(18)28-22)31-9-2-1-3-10-31/h4-8,11-13H,1-3,9-10H2,(H,27,28)(H,29,30). The number of imidazole rings is 1. The quantitative estimate of drug-likeness (QED) is 0.448. The minimum Gasteiger partial charge on any atom is -0.355 e. The van der Waals surface area contributed by atoms with Crippen molar-refractivity contribution in [2.45, 2.75) is 19.3 Å². The lowest BCUT2D eigenvalue weighted by Gasteiger charge is -2.27. The molecule has 1 aliphatic rings. The Bertz CT molecular complexity index is 1380. The summed E-state index contributed by atoms with van der Waals surface area (Å²) in [4.78, 5) is 19.3. The molecule has 0 spiro atoms. The lowest BCUT2D eigenvalue weighted by molar-refractivity contribution is 0.574. The molecule has 0 saturated carbocycles. The highest BCUT2D eigenvalue weighted by atomic mass is 19.1. The Labute approximate surface area is 177 Å². The summed E-state index contributed by atoms with van der Waals surface area (Å²) in [6.45, 7) is 1.97. The average molecular weight is 413 g/mol. The number of piperidine rings is 1. The number of H-pyrrole nitrogens is 2. The van der Waals surface area contributed by atoms with Gasteiger partial charge >= 0.3 is 0 Å². The Kier molecular flexibility index (Phi) is 4.15. The number of anilines is 1. The summed E-state index contributed by atoms with van der Waals surface area (Å²) in [5.41, 5.74) is 4.25. The fourth-order valence-electron chi connectivity index (χ4n) is 4.33. The molecule has 0 amide bonds. The van der Waals surface area contributed by atoms with Gasteiger partial charge < -0.3 is 9.88 Å². The van der Waals surface area contributed by atoms with Crippen LogP contribution in [0.5, 0.6) is 0 Å². The summed E-state index contributed by atoms with van der Waals surface area (Å²) in [6.07, 6.45) is 8.80. The molecule has 0 bridgehead atoms. The van der Waals surface area contributed by atoms with Crippen LogP contribution in [-0.2, 0) is 0 Å². The van der Waals surface area contributed by atoms with Gasteiger partial charge in [-0.1, -0.05) is 6.07 Å². The average Bonchev–Trinajstić information content (AvgIpc) is 3.44. The van der Waals surface area contributed by atoms with E-state index < -0.39 is 0 Å². The maximum absolute atomic E-state index is 14.8. The van der Waals surface area contributed by atoms with Gasteiger partial charge in [-0.2, -0.15) is 5.10 Å². The van der Waals surface area contributed by atoms with Crippen molar-refractivity contribution in [1.29, 1.82) is 0 Å². The third-order valence-corrected chi connectivity index (χ3v) is 5.88. The highest BCUT2D eigenvalue weighted by Crippen LogP contribution is 2.33. The molecule has 0 aliphatic carbocycles. The zero-order valence-corrected chi connectivity index (χ0v) is 16.8. The summed E-state index contributed by atoms with van der Waals surface area (Å²) in [5, 5.41) is 7.86. The molecule has 0 atom stereocenters. The minimum absolute atomic E-state index is 0.289. The van der Waals surface area contributed by atoms with Crippen molar-refractivity contribution in [3.8, 4) is 22.6 Å². The van der Waals surface area contributed by atoms with E-state index in [1.807, 2.05) is 24.3 Å². The molecule has 31 heavy (non-hydrogen) atoms. The Balaban J connectivity index is 1.50. The second-order valence-electron chi connectivity index (χ2n) is 7.86. The van der Waals surface area contributed by atoms with Crippen LogP contribution >= 0.6 is 0 Å². The van der Waals surface area contributed by atoms with E-state index in [1.165, 1.54) is 12.5 Å². The topological polar surface area (TPSA) is 86.4 Å². The smallest absolute Gasteiger partial charge is 0.157 e. The number of hydrogen-bond donors (Lipinski definition) is 2. The number of fused-ring (bicyclic) bond motifs is 2. The van der Waals surface area contributed by atoms with Crippen molar-refractivity contribution < 1.29 is 4.39 Å². The van der Waals surface area contributed by atoms with Crippen molar-refractivity contribution in [2.24, 2.45) is 0 Å². The zero-order valence-electron chi connectivity index (χ0n) is 16.8. The SMILES string of the molecule is Fc1cc(-c2cccnc2)cc2c(-c3nc4c(N5CCCCC5)nccc4[nH]3)[nH]nc12. The number of benzene rings is 1. The van der Waals surface area contributed by atoms with Gasteiger partial charge in [-0.3, -0.25) is 10.1 Å². The normalized spacial score (nSPS) is 14.5. The summed E-state index contributed by atoms with van der Waals surface area (Å²) in [6, 6.07) is 9.07. The fraction of sp³-hybridized carbons (Fsp3) is 0.217. The second kappa shape index (κ2) is 7.16. The maximum Gasteiger partial charge on any atom is 0.157 e.